The first-order valence-electron chi connectivity index (χ1n) is 17.8. The highest BCUT2D eigenvalue weighted by atomic mass is 16.8. The van der Waals surface area contributed by atoms with Crippen LogP contribution in [0.25, 0.3) is 0 Å². The molecule has 14 heteroatoms. The number of ether oxygens (including phenoxy) is 10. The second-order valence-electron chi connectivity index (χ2n) is 15.5. The summed E-state index contributed by atoms with van der Waals surface area (Å²) in [6.45, 7) is 11.7. The van der Waals surface area contributed by atoms with Crippen molar-refractivity contribution in [1.29, 1.82) is 0 Å². The molecule has 4 heterocycles. The van der Waals surface area contributed by atoms with Crippen molar-refractivity contribution in [2.75, 3.05) is 20.3 Å². The van der Waals surface area contributed by atoms with E-state index < -0.39 is 96.6 Å². The Hall–Kier alpha value is -3.60. The molecular weight excluding hydrogens is 690 g/mol. The Morgan fingerprint density at radius 2 is 1.25 bits per heavy atom. The van der Waals surface area contributed by atoms with Crippen molar-refractivity contribution in [2.45, 2.75) is 116 Å². The van der Waals surface area contributed by atoms with Gasteiger partial charge in [-0.05, 0) is 20.8 Å². The third kappa shape index (κ3) is 8.87. The van der Waals surface area contributed by atoms with Gasteiger partial charge in [0.2, 0.25) is 6.29 Å². The maximum Gasteiger partial charge on any atom is 0.311 e. The number of carbonyl (C=O) groups is 3. The fraction of sp³-hybridized carbons (Fsp3) is 0.590. The minimum Gasteiger partial charge on any atom is -0.454 e. The SMILES string of the molecule is CO[C@H]1O[C@@H]2COC(c3ccccc3)O[C@H]2[C@H](OC2O[C@@H]3COC(c4ccccc4)O[C@H]3[C@H](OC(=O)C(C)(C)C)C2=NC(=O)C(C)(C)C)[C@H]1OC(C)=O. The summed E-state index contributed by atoms with van der Waals surface area (Å²) < 4.78 is 62.3. The fourth-order valence-electron chi connectivity index (χ4n) is 6.30. The average Bonchev–Trinajstić information content (AvgIpc) is 3.12. The molecule has 4 aliphatic heterocycles. The fourth-order valence-corrected chi connectivity index (χ4v) is 6.30. The maximum atomic E-state index is 13.7. The zero-order valence-electron chi connectivity index (χ0n) is 31.3. The predicted molar refractivity (Wildman–Crippen MR) is 186 cm³/mol. The summed E-state index contributed by atoms with van der Waals surface area (Å²) in [4.78, 5) is 44.4. The lowest BCUT2D eigenvalue weighted by atomic mass is 9.93. The van der Waals surface area contributed by atoms with E-state index in [9.17, 15) is 14.4 Å². The molecule has 53 heavy (non-hydrogen) atoms. The number of amides is 1. The van der Waals surface area contributed by atoms with E-state index in [0.29, 0.717) is 0 Å². The van der Waals surface area contributed by atoms with Gasteiger partial charge in [-0.25, -0.2) is 4.99 Å². The van der Waals surface area contributed by atoms with Crippen LogP contribution < -0.4 is 0 Å². The van der Waals surface area contributed by atoms with Crippen LogP contribution in [-0.2, 0) is 61.8 Å². The van der Waals surface area contributed by atoms with E-state index in [1.54, 1.807) is 41.5 Å². The van der Waals surface area contributed by atoms with Crippen LogP contribution in [0.4, 0.5) is 0 Å². The van der Waals surface area contributed by atoms with Gasteiger partial charge in [0.05, 0.1) is 18.6 Å². The van der Waals surface area contributed by atoms with Crippen LogP contribution in [0.5, 0.6) is 0 Å². The highest BCUT2D eigenvalue weighted by Gasteiger charge is 2.57. The Bertz CT molecular complexity index is 1620. The first kappa shape index (κ1) is 39.1. The van der Waals surface area contributed by atoms with Gasteiger partial charge in [0.15, 0.2) is 31.1 Å². The van der Waals surface area contributed by atoms with Crippen molar-refractivity contribution in [3.8, 4) is 0 Å². The highest BCUT2D eigenvalue weighted by Crippen LogP contribution is 2.40. The van der Waals surface area contributed by atoms with E-state index in [2.05, 4.69) is 4.99 Å². The molecule has 4 aliphatic rings. The molecule has 6 rings (SSSR count). The van der Waals surface area contributed by atoms with Crippen molar-refractivity contribution in [2.24, 2.45) is 15.8 Å². The molecular formula is C39H49NO13. The summed E-state index contributed by atoms with van der Waals surface area (Å²) in [5.41, 5.74) is -0.426. The van der Waals surface area contributed by atoms with Gasteiger partial charge in [-0.15, -0.1) is 0 Å². The number of hydrogen-bond acceptors (Lipinski definition) is 13. The number of aliphatic imine (C=N–C) groups is 1. The molecule has 2 aromatic carbocycles. The largest absolute Gasteiger partial charge is 0.454 e. The third-order valence-corrected chi connectivity index (χ3v) is 9.15. The minimum absolute atomic E-state index is 0.0163. The van der Waals surface area contributed by atoms with Gasteiger partial charge in [-0.1, -0.05) is 81.4 Å². The first-order valence-corrected chi connectivity index (χ1v) is 17.8. The van der Waals surface area contributed by atoms with Crippen LogP contribution in [0.2, 0.25) is 0 Å². The van der Waals surface area contributed by atoms with Gasteiger partial charge in [-0.3, -0.25) is 14.4 Å². The maximum absolute atomic E-state index is 13.7. The summed E-state index contributed by atoms with van der Waals surface area (Å²) in [6.07, 6.45) is -11.2. The number of benzene rings is 2. The van der Waals surface area contributed by atoms with E-state index in [4.69, 9.17) is 47.4 Å². The molecule has 288 valence electrons. The number of carbonyl (C=O) groups excluding carboxylic acids is 3. The lowest BCUT2D eigenvalue weighted by molar-refractivity contribution is -0.379. The number of hydrogen-bond donors (Lipinski definition) is 0. The molecule has 3 unspecified atom stereocenters. The Kier molecular flexibility index (Phi) is 11.8. The smallest absolute Gasteiger partial charge is 0.311 e. The Labute approximate surface area is 309 Å². The van der Waals surface area contributed by atoms with E-state index >= 15 is 0 Å². The molecule has 2 aromatic rings. The van der Waals surface area contributed by atoms with E-state index in [0.717, 1.165) is 11.1 Å². The molecule has 11 atom stereocenters. The predicted octanol–water partition coefficient (Wildman–Crippen LogP) is 4.60. The lowest BCUT2D eigenvalue weighted by Gasteiger charge is -2.50. The standard InChI is InChI=1S/C39H49NO13/c1-21(41)47-31-30(28-25(49-35(31)44-8)20-46-33(51-28)23-17-13-10-14-18-23)52-34-26(40-36(42)38(2,3)4)29(53-37(43)39(5,6)7)27-24(48-34)19-45-32(50-27)22-15-11-9-12-16-22/h9-18,24-25,27-35H,19-20H2,1-8H3/t24-,25-,27-,28-,29-,30+,31-,32?,33?,34?,35+/m1/s1. The van der Waals surface area contributed by atoms with E-state index in [-0.39, 0.29) is 18.9 Å². The van der Waals surface area contributed by atoms with Gasteiger partial charge in [0.1, 0.15) is 36.2 Å². The molecule has 0 N–H and O–H groups in total. The molecule has 14 nitrogen and oxygen atoms in total. The summed E-state index contributed by atoms with van der Waals surface area (Å²) in [5.74, 6) is -1.71. The lowest BCUT2D eigenvalue weighted by Crippen LogP contribution is -2.67. The Balaban J connectivity index is 1.42. The summed E-state index contributed by atoms with van der Waals surface area (Å²) >= 11 is 0. The second kappa shape index (κ2) is 16.0. The van der Waals surface area contributed by atoms with E-state index in [1.807, 2.05) is 60.7 Å². The number of nitrogens with zero attached hydrogens (tertiary/aromatic N) is 1. The summed E-state index contributed by atoms with van der Waals surface area (Å²) in [6, 6.07) is 18.6. The van der Waals surface area contributed by atoms with Crippen LogP contribution >= 0.6 is 0 Å². The zero-order valence-corrected chi connectivity index (χ0v) is 31.3. The van der Waals surface area contributed by atoms with Gasteiger partial charge in [-0.2, -0.15) is 0 Å². The number of methoxy groups -OCH3 is 1. The van der Waals surface area contributed by atoms with Crippen molar-refractivity contribution in [1.82, 2.24) is 0 Å². The third-order valence-electron chi connectivity index (χ3n) is 9.15. The minimum atomic E-state index is -1.44. The molecule has 0 bridgehead atoms. The summed E-state index contributed by atoms with van der Waals surface area (Å²) in [7, 11) is 1.41. The average molecular weight is 740 g/mol. The van der Waals surface area contributed by atoms with Crippen molar-refractivity contribution < 1.29 is 61.8 Å². The highest BCUT2D eigenvalue weighted by molar-refractivity contribution is 6.03. The molecule has 4 saturated heterocycles. The molecule has 4 fully saturated rings. The van der Waals surface area contributed by atoms with Crippen LogP contribution in [0.15, 0.2) is 65.7 Å². The number of rotatable bonds is 7. The zero-order chi connectivity index (χ0) is 38.1. The summed E-state index contributed by atoms with van der Waals surface area (Å²) in [5, 5.41) is 0. The van der Waals surface area contributed by atoms with Crippen LogP contribution in [-0.4, -0.2) is 99.2 Å². The van der Waals surface area contributed by atoms with E-state index in [1.165, 1.54) is 14.0 Å². The van der Waals surface area contributed by atoms with Gasteiger partial charge in [0.25, 0.3) is 5.91 Å². The van der Waals surface area contributed by atoms with Crippen LogP contribution in [0.1, 0.15) is 72.2 Å². The van der Waals surface area contributed by atoms with Crippen molar-refractivity contribution in [3.63, 3.8) is 0 Å². The second-order valence-corrected chi connectivity index (χ2v) is 15.5. The quantitative estimate of drug-likeness (QED) is 0.364. The monoisotopic (exact) mass is 739 g/mol. The van der Waals surface area contributed by atoms with Crippen LogP contribution in [0, 0.1) is 10.8 Å². The Morgan fingerprint density at radius 3 is 1.75 bits per heavy atom. The van der Waals surface area contributed by atoms with Gasteiger partial charge >= 0.3 is 11.9 Å². The molecule has 0 saturated carbocycles. The molecule has 1 amide bonds. The van der Waals surface area contributed by atoms with Crippen molar-refractivity contribution in [3.05, 3.63) is 71.8 Å². The van der Waals surface area contributed by atoms with Gasteiger partial charge in [0, 0.05) is 30.6 Å². The number of fused-ring (bicyclic) bond motifs is 2. The van der Waals surface area contributed by atoms with Gasteiger partial charge < -0.3 is 47.4 Å². The molecule has 0 spiro atoms. The van der Waals surface area contributed by atoms with Crippen molar-refractivity contribution >= 4 is 23.6 Å². The normalized spacial score (nSPS) is 34.0. The Morgan fingerprint density at radius 1 is 0.698 bits per heavy atom. The molecule has 0 aliphatic carbocycles. The molecule has 0 aromatic heterocycles. The molecule has 0 radical (unpaired) electrons. The first-order chi connectivity index (χ1) is 25.1. The number of esters is 2. The topological polar surface area (TPSA) is 156 Å². The van der Waals surface area contributed by atoms with Crippen LogP contribution in [0.3, 0.4) is 0 Å².